The molecule has 0 aliphatic heterocycles. The van der Waals surface area contributed by atoms with Gasteiger partial charge in [0.05, 0.1) is 36.7 Å². The number of oxazole rings is 1. The quantitative estimate of drug-likeness (QED) is 0.172. The summed E-state index contributed by atoms with van der Waals surface area (Å²) in [4.78, 5) is 17.6. The molecule has 1 unspecified atom stereocenters. The number of benzene rings is 4. The molecule has 242 valence electrons. The number of hydrogen-bond donors (Lipinski definition) is 1. The van der Waals surface area contributed by atoms with Crippen molar-refractivity contribution in [2.75, 3.05) is 31.3 Å². The second kappa shape index (κ2) is 12.1. The molecule has 2 aromatic heterocycles. The Balaban J connectivity index is 1.67. The first kappa shape index (κ1) is 31.7. The first-order valence-electron chi connectivity index (χ1n) is 14.3. The Hall–Kier alpha value is -5.30. The summed E-state index contributed by atoms with van der Waals surface area (Å²) in [6.45, 7) is 0.718. The van der Waals surface area contributed by atoms with Crippen molar-refractivity contribution < 1.29 is 40.0 Å². The van der Waals surface area contributed by atoms with E-state index in [0.717, 1.165) is 10.6 Å². The van der Waals surface area contributed by atoms with Crippen LogP contribution in [0.25, 0.3) is 56.0 Å². The highest BCUT2D eigenvalue weighted by molar-refractivity contribution is 7.92. The SMILES string of the molecule is CNC(=O)c1c(-c2ccc(F)cc2)oc2cc(N(CC(C)F)S(C)(=O)=O)c(-c3ccc(OC)c(-c4nc5c(F)cccc5o4)c3)cc12. The van der Waals surface area contributed by atoms with E-state index in [9.17, 15) is 26.4 Å². The zero-order valence-corrected chi connectivity index (χ0v) is 26.4. The number of nitrogens with one attached hydrogen (secondary N) is 1. The average molecular weight is 664 g/mol. The number of amides is 1. The normalized spacial score (nSPS) is 12.4. The van der Waals surface area contributed by atoms with Crippen LogP contribution in [0.1, 0.15) is 17.3 Å². The van der Waals surface area contributed by atoms with Crippen LogP contribution in [0.2, 0.25) is 0 Å². The van der Waals surface area contributed by atoms with Crippen molar-refractivity contribution in [3.05, 3.63) is 90.0 Å². The Labute approximate surface area is 267 Å². The van der Waals surface area contributed by atoms with Crippen molar-refractivity contribution >= 4 is 43.7 Å². The number of hydrogen-bond acceptors (Lipinski definition) is 7. The number of fused-ring (bicyclic) bond motifs is 2. The minimum absolute atomic E-state index is 0.0131. The molecule has 13 heteroatoms. The highest BCUT2D eigenvalue weighted by Crippen LogP contribution is 2.44. The maximum atomic E-state index is 14.5. The van der Waals surface area contributed by atoms with E-state index in [2.05, 4.69) is 10.3 Å². The molecule has 0 saturated carbocycles. The van der Waals surface area contributed by atoms with Gasteiger partial charge >= 0.3 is 0 Å². The molecule has 0 spiro atoms. The summed E-state index contributed by atoms with van der Waals surface area (Å²) in [5.74, 6) is -1.09. The number of aromatic nitrogens is 1. The van der Waals surface area contributed by atoms with Gasteiger partial charge in [0.15, 0.2) is 11.4 Å². The Kier molecular flexibility index (Phi) is 8.18. The van der Waals surface area contributed by atoms with Crippen molar-refractivity contribution in [1.82, 2.24) is 10.3 Å². The fourth-order valence-electron chi connectivity index (χ4n) is 5.44. The van der Waals surface area contributed by atoms with E-state index in [1.165, 1.54) is 63.5 Å². The maximum absolute atomic E-state index is 14.5. The van der Waals surface area contributed by atoms with Crippen molar-refractivity contribution in [3.8, 4) is 39.7 Å². The van der Waals surface area contributed by atoms with Gasteiger partial charge in [-0.2, -0.15) is 0 Å². The highest BCUT2D eigenvalue weighted by Gasteiger charge is 2.29. The smallest absolute Gasteiger partial charge is 0.255 e. The van der Waals surface area contributed by atoms with Crippen LogP contribution in [0.15, 0.2) is 81.6 Å². The number of methoxy groups -OCH3 is 1. The van der Waals surface area contributed by atoms with Crippen LogP contribution < -0.4 is 14.4 Å². The van der Waals surface area contributed by atoms with E-state index in [0.29, 0.717) is 27.8 Å². The summed E-state index contributed by atoms with van der Waals surface area (Å²) in [5.41, 5.74) is 1.95. The zero-order valence-electron chi connectivity index (χ0n) is 25.6. The summed E-state index contributed by atoms with van der Waals surface area (Å²) in [6, 6.07) is 17.5. The number of rotatable bonds is 9. The first-order valence-corrected chi connectivity index (χ1v) is 16.2. The predicted octanol–water partition coefficient (Wildman–Crippen LogP) is 7.35. The molecule has 0 aliphatic rings. The lowest BCUT2D eigenvalue weighted by Gasteiger charge is -2.26. The molecule has 0 fully saturated rings. The third-order valence-corrected chi connectivity index (χ3v) is 8.71. The van der Waals surface area contributed by atoms with Crippen LogP contribution in [0, 0.1) is 11.6 Å². The van der Waals surface area contributed by atoms with Gasteiger partial charge in [0.25, 0.3) is 5.91 Å². The Morgan fingerprint density at radius 1 is 0.979 bits per heavy atom. The molecule has 0 bridgehead atoms. The van der Waals surface area contributed by atoms with Gasteiger partial charge in [0, 0.05) is 29.6 Å². The van der Waals surface area contributed by atoms with Crippen molar-refractivity contribution in [2.45, 2.75) is 13.1 Å². The molecule has 6 aromatic rings. The van der Waals surface area contributed by atoms with Gasteiger partial charge in [-0.15, -0.1) is 0 Å². The van der Waals surface area contributed by atoms with Gasteiger partial charge in [-0.1, -0.05) is 12.1 Å². The third-order valence-electron chi connectivity index (χ3n) is 7.56. The van der Waals surface area contributed by atoms with Crippen LogP contribution in [0.5, 0.6) is 5.75 Å². The number of carbonyl (C=O) groups is 1. The van der Waals surface area contributed by atoms with Crippen molar-refractivity contribution in [2.24, 2.45) is 0 Å². The summed E-state index contributed by atoms with van der Waals surface area (Å²) >= 11 is 0. The van der Waals surface area contributed by atoms with Crippen LogP contribution in [-0.4, -0.2) is 52.4 Å². The van der Waals surface area contributed by atoms with E-state index in [1.54, 1.807) is 30.3 Å². The van der Waals surface area contributed by atoms with Gasteiger partial charge in [-0.25, -0.2) is 26.6 Å². The van der Waals surface area contributed by atoms with E-state index < -0.39 is 40.3 Å². The third kappa shape index (κ3) is 5.89. The number of anilines is 1. The van der Waals surface area contributed by atoms with Crippen LogP contribution in [-0.2, 0) is 10.0 Å². The van der Waals surface area contributed by atoms with Gasteiger partial charge < -0.3 is 18.9 Å². The lowest BCUT2D eigenvalue weighted by molar-refractivity contribution is 0.0964. The van der Waals surface area contributed by atoms with Crippen LogP contribution in [0.4, 0.5) is 18.9 Å². The van der Waals surface area contributed by atoms with Gasteiger partial charge in [0.2, 0.25) is 15.9 Å². The Bertz CT molecular complexity index is 2260. The number of halogens is 3. The summed E-state index contributed by atoms with van der Waals surface area (Å²) in [7, 11) is -1.18. The minimum atomic E-state index is -4.06. The first-order chi connectivity index (χ1) is 22.4. The second-order valence-corrected chi connectivity index (χ2v) is 12.8. The van der Waals surface area contributed by atoms with E-state index in [-0.39, 0.29) is 45.1 Å². The Morgan fingerprint density at radius 2 is 1.70 bits per heavy atom. The van der Waals surface area contributed by atoms with Crippen molar-refractivity contribution in [3.63, 3.8) is 0 Å². The van der Waals surface area contributed by atoms with Gasteiger partial charge in [-0.3, -0.25) is 9.10 Å². The molecule has 1 atom stereocenters. The van der Waals surface area contributed by atoms with Crippen LogP contribution >= 0.6 is 0 Å². The number of carbonyl (C=O) groups excluding carboxylic acids is 1. The van der Waals surface area contributed by atoms with E-state index in [1.807, 2.05) is 0 Å². The second-order valence-electron chi connectivity index (χ2n) is 10.9. The number of sulfonamides is 1. The number of nitrogens with zero attached hydrogens (tertiary/aromatic N) is 2. The zero-order chi connectivity index (χ0) is 33.6. The summed E-state index contributed by atoms with van der Waals surface area (Å²) in [6.07, 6.45) is -0.597. The fraction of sp³-hybridized carbons (Fsp3) is 0.176. The molecule has 4 aromatic carbocycles. The molecule has 0 saturated heterocycles. The molecule has 1 amide bonds. The standard InChI is InChI=1S/C34H28F3N3O6S/c1-18(35)17-40(47(4,42)43)26-16-29-23(30(33(41)38-2)32(45-29)19-8-11-21(36)12-9-19)15-22(26)20-10-13-27(44-3)24(14-20)34-39-31-25(37)6-5-7-28(31)46-34/h5-16,18H,17H2,1-4H3,(H,38,41). The lowest BCUT2D eigenvalue weighted by Crippen LogP contribution is -2.35. The molecule has 1 N–H and O–H groups in total. The molecular formula is C34H28F3N3O6S. The molecule has 6 rings (SSSR count). The fourth-order valence-corrected chi connectivity index (χ4v) is 6.42. The minimum Gasteiger partial charge on any atom is -0.496 e. The molecule has 0 radical (unpaired) electrons. The largest absolute Gasteiger partial charge is 0.496 e. The van der Waals surface area contributed by atoms with E-state index in [4.69, 9.17) is 13.6 Å². The number of alkyl halides is 1. The number of ether oxygens (including phenoxy) is 1. The molecule has 47 heavy (non-hydrogen) atoms. The maximum Gasteiger partial charge on any atom is 0.255 e. The van der Waals surface area contributed by atoms with Crippen molar-refractivity contribution in [1.29, 1.82) is 0 Å². The topological polar surface area (TPSA) is 115 Å². The summed E-state index contributed by atoms with van der Waals surface area (Å²) < 4.78 is 87.6. The predicted molar refractivity (Wildman–Crippen MR) is 173 cm³/mol. The number of para-hydroxylation sites is 1. The highest BCUT2D eigenvalue weighted by atomic mass is 32.2. The van der Waals surface area contributed by atoms with Gasteiger partial charge in [-0.05, 0) is 67.1 Å². The number of furan rings is 1. The Morgan fingerprint density at radius 3 is 2.34 bits per heavy atom. The lowest BCUT2D eigenvalue weighted by atomic mass is 9.96. The monoisotopic (exact) mass is 663 g/mol. The average Bonchev–Trinajstić information content (AvgIpc) is 3.65. The molecule has 2 heterocycles. The summed E-state index contributed by atoms with van der Waals surface area (Å²) in [5, 5.41) is 2.90. The van der Waals surface area contributed by atoms with Crippen LogP contribution in [0.3, 0.4) is 0 Å². The molecule has 0 aliphatic carbocycles. The molecular weight excluding hydrogens is 635 g/mol. The van der Waals surface area contributed by atoms with E-state index >= 15 is 0 Å². The van der Waals surface area contributed by atoms with Gasteiger partial charge in [0.1, 0.15) is 34.6 Å². The molecule has 9 nitrogen and oxygen atoms in total.